The number of carbonyl (C=O) groups excluding carboxylic acids is 1. The molecule has 24 heavy (non-hydrogen) atoms. The van der Waals surface area contributed by atoms with Crippen LogP contribution in [0.4, 0.5) is 5.13 Å². The first-order valence-electron chi connectivity index (χ1n) is 9.21. The van der Waals surface area contributed by atoms with Gasteiger partial charge in [0, 0.05) is 19.1 Å². The van der Waals surface area contributed by atoms with E-state index in [-0.39, 0.29) is 11.4 Å². The van der Waals surface area contributed by atoms with Gasteiger partial charge in [0.2, 0.25) is 0 Å². The number of hydrogen-bond acceptors (Lipinski definition) is 5. The van der Waals surface area contributed by atoms with Crippen molar-refractivity contribution >= 4 is 22.4 Å². The van der Waals surface area contributed by atoms with Crippen LogP contribution in [0.5, 0.6) is 0 Å². The summed E-state index contributed by atoms with van der Waals surface area (Å²) in [6.07, 6.45) is 5.77. The van der Waals surface area contributed by atoms with Crippen LogP contribution in [-0.2, 0) is 0 Å². The molecule has 2 saturated heterocycles. The maximum atomic E-state index is 13.4. The minimum Gasteiger partial charge on any atom is -0.362 e. The molecule has 1 aromatic heterocycles. The molecule has 2 aliphatic heterocycles. The maximum absolute atomic E-state index is 13.4. The number of rotatable bonds is 3. The van der Waals surface area contributed by atoms with Crippen molar-refractivity contribution in [2.24, 2.45) is 0 Å². The molecule has 6 heteroatoms. The van der Waals surface area contributed by atoms with Crippen molar-refractivity contribution < 1.29 is 4.79 Å². The summed E-state index contributed by atoms with van der Waals surface area (Å²) in [6, 6.07) is 0.471. The average Bonchev–Trinajstić information content (AvgIpc) is 2.79. The van der Waals surface area contributed by atoms with Crippen LogP contribution in [0.25, 0.3) is 0 Å². The van der Waals surface area contributed by atoms with Gasteiger partial charge in [-0.1, -0.05) is 17.8 Å². The van der Waals surface area contributed by atoms with Crippen LogP contribution in [0.1, 0.15) is 61.3 Å². The van der Waals surface area contributed by atoms with E-state index in [9.17, 15) is 4.79 Å². The van der Waals surface area contributed by atoms with Gasteiger partial charge in [-0.25, -0.2) is 4.98 Å². The highest BCUT2D eigenvalue weighted by Gasteiger charge is 2.47. The Hall–Kier alpha value is -1.14. The Morgan fingerprint density at radius 3 is 2.92 bits per heavy atom. The summed E-state index contributed by atoms with van der Waals surface area (Å²) < 4.78 is 0. The highest BCUT2D eigenvalue weighted by molar-refractivity contribution is 7.17. The second-order valence-electron chi connectivity index (χ2n) is 7.37. The Kier molecular flexibility index (Phi) is 5.16. The molecule has 0 bridgehead atoms. The number of fused-ring (bicyclic) bond motifs is 1. The molecule has 2 fully saturated rings. The first kappa shape index (κ1) is 17.7. The summed E-state index contributed by atoms with van der Waals surface area (Å²) in [4.78, 5) is 23.4. The molecule has 5 nitrogen and oxygen atoms in total. The third-order valence-corrected chi connectivity index (χ3v) is 6.84. The summed E-state index contributed by atoms with van der Waals surface area (Å²) in [7, 11) is 2.22. The van der Waals surface area contributed by atoms with Crippen LogP contribution >= 0.6 is 11.3 Å². The van der Waals surface area contributed by atoms with Gasteiger partial charge in [-0.3, -0.25) is 4.79 Å². The average molecular weight is 351 g/mol. The number of nitrogens with zero attached hydrogens (tertiary/aromatic N) is 3. The van der Waals surface area contributed by atoms with Crippen LogP contribution in [0.3, 0.4) is 0 Å². The minimum absolute atomic E-state index is 0.0602. The van der Waals surface area contributed by atoms with E-state index >= 15 is 0 Å². The van der Waals surface area contributed by atoms with Crippen molar-refractivity contribution in [3.8, 4) is 0 Å². The molecule has 1 aromatic rings. The number of aromatic nitrogens is 1. The number of aryl methyl sites for hydroxylation is 1. The van der Waals surface area contributed by atoms with Crippen molar-refractivity contribution in [1.82, 2.24) is 14.8 Å². The predicted octanol–water partition coefficient (Wildman–Crippen LogP) is 3.36. The molecular formula is C18H30N4OS. The summed E-state index contributed by atoms with van der Waals surface area (Å²) >= 11 is 1.50. The van der Waals surface area contributed by atoms with Crippen molar-refractivity contribution in [3.63, 3.8) is 0 Å². The lowest BCUT2D eigenvalue weighted by molar-refractivity contribution is -0.00358. The topological polar surface area (TPSA) is 48.5 Å². The quantitative estimate of drug-likeness (QED) is 0.908. The minimum atomic E-state index is -0.0602. The number of hydrogen-bond donors (Lipinski definition) is 1. The maximum Gasteiger partial charge on any atom is 0.266 e. The van der Waals surface area contributed by atoms with Crippen molar-refractivity contribution in [2.75, 3.05) is 32.0 Å². The van der Waals surface area contributed by atoms with Gasteiger partial charge in [0.05, 0.1) is 11.2 Å². The third-order valence-electron chi connectivity index (χ3n) is 5.73. The molecule has 2 atom stereocenters. The predicted molar refractivity (Wildman–Crippen MR) is 100.0 cm³/mol. The number of amides is 1. The number of anilines is 1. The lowest BCUT2D eigenvalue weighted by atomic mass is 9.80. The Bertz CT molecular complexity index is 602. The zero-order valence-electron chi connectivity index (χ0n) is 15.4. The van der Waals surface area contributed by atoms with E-state index < -0.39 is 0 Å². The molecule has 0 radical (unpaired) electrons. The molecule has 134 valence electrons. The Balaban J connectivity index is 1.92. The highest BCUT2D eigenvalue weighted by atomic mass is 32.1. The fourth-order valence-electron chi connectivity index (χ4n) is 4.47. The molecule has 0 unspecified atom stereocenters. The number of likely N-dealkylation sites (tertiary alicyclic amines) is 2. The summed E-state index contributed by atoms with van der Waals surface area (Å²) in [5.41, 5.74) is 0.796. The molecule has 0 aromatic carbocycles. The monoisotopic (exact) mass is 350 g/mol. The summed E-state index contributed by atoms with van der Waals surface area (Å²) in [6.45, 7) is 9.15. The van der Waals surface area contributed by atoms with E-state index in [4.69, 9.17) is 0 Å². The van der Waals surface area contributed by atoms with Crippen molar-refractivity contribution in [3.05, 3.63) is 10.6 Å². The molecule has 3 heterocycles. The normalized spacial score (nSPS) is 28.3. The van der Waals surface area contributed by atoms with E-state index in [0.29, 0.717) is 6.04 Å². The first-order valence-corrected chi connectivity index (χ1v) is 10.0. The lowest BCUT2D eigenvalue weighted by Crippen LogP contribution is -2.63. The number of carbonyl (C=O) groups is 1. The number of likely N-dealkylation sites (N-methyl/N-ethyl adjacent to an activating group) is 1. The van der Waals surface area contributed by atoms with Crippen LogP contribution < -0.4 is 5.32 Å². The van der Waals surface area contributed by atoms with E-state index in [0.717, 1.165) is 54.6 Å². The van der Waals surface area contributed by atoms with Gasteiger partial charge in [-0.2, -0.15) is 0 Å². The van der Waals surface area contributed by atoms with Gasteiger partial charge in [0.1, 0.15) is 4.88 Å². The first-order chi connectivity index (χ1) is 11.5. The van der Waals surface area contributed by atoms with Gasteiger partial charge in [-0.05, 0) is 60.0 Å². The number of nitrogens with one attached hydrogen (secondary N) is 1. The zero-order chi connectivity index (χ0) is 17.3. The number of thiazole rings is 1. The third kappa shape index (κ3) is 3.06. The molecule has 0 aliphatic carbocycles. The highest BCUT2D eigenvalue weighted by Crippen LogP contribution is 2.39. The van der Waals surface area contributed by atoms with E-state index in [1.807, 2.05) is 6.92 Å². The van der Waals surface area contributed by atoms with E-state index in [1.165, 1.54) is 24.2 Å². The molecule has 1 amide bonds. The Morgan fingerprint density at radius 1 is 1.38 bits per heavy atom. The van der Waals surface area contributed by atoms with Gasteiger partial charge in [-0.15, -0.1) is 0 Å². The fraction of sp³-hybridized carbons (Fsp3) is 0.778. The Morgan fingerprint density at radius 2 is 2.17 bits per heavy atom. The lowest BCUT2D eigenvalue weighted by Gasteiger charge is -2.51. The summed E-state index contributed by atoms with van der Waals surface area (Å²) in [5.74, 6) is 0.179. The largest absolute Gasteiger partial charge is 0.362 e. The molecule has 0 spiro atoms. The second-order valence-corrected chi connectivity index (χ2v) is 8.37. The molecular weight excluding hydrogens is 320 g/mol. The summed E-state index contributed by atoms with van der Waals surface area (Å²) in [5, 5.41) is 4.10. The van der Waals surface area contributed by atoms with Gasteiger partial charge in [0.15, 0.2) is 5.13 Å². The standard InChI is InChI=1S/C18H30N4OS/c1-5-19-17-20-13(2)15(24-17)16(23)22-12-7-6-9-14-18(22,3)10-8-11-21(14)4/h14H,5-12H2,1-4H3,(H,19,20)/t14-,18-/m0/s1. The smallest absolute Gasteiger partial charge is 0.266 e. The molecule has 1 N–H and O–H groups in total. The van der Waals surface area contributed by atoms with Gasteiger partial charge >= 0.3 is 0 Å². The zero-order valence-corrected chi connectivity index (χ0v) is 16.2. The number of piperidine rings is 1. The fourth-order valence-corrected chi connectivity index (χ4v) is 5.45. The SMILES string of the molecule is CCNc1nc(C)c(C(=O)N2CCCC[C@@H]3N(C)CCC[C@@]32C)s1. The van der Waals surface area contributed by atoms with Crippen LogP contribution in [0, 0.1) is 6.92 Å². The Labute approximate surface area is 149 Å². The molecule has 0 saturated carbocycles. The van der Waals surface area contributed by atoms with Crippen LogP contribution in [0.15, 0.2) is 0 Å². The molecule has 2 aliphatic rings. The van der Waals surface area contributed by atoms with Crippen LogP contribution in [-0.4, -0.2) is 59.0 Å². The van der Waals surface area contributed by atoms with E-state index in [2.05, 4.69) is 41.0 Å². The van der Waals surface area contributed by atoms with Crippen LogP contribution in [0.2, 0.25) is 0 Å². The van der Waals surface area contributed by atoms with Gasteiger partial charge < -0.3 is 15.1 Å². The van der Waals surface area contributed by atoms with Crippen molar-refractivity contribution in [2.45, 2.75) is 64.5 Å². The van der Waals surface area contributed by atoms with Gasteiger partial charge in [0.25, 0.3) is 5.91 Å². The second kappa shape index (κ2) is 7.00. The van der Waals surface area contributed by atoms with E-state index in [1.54, 1.807) is 0 Å². The van der Waals surface area contributed by atoms with Crippen molar-refractivity contribution in [1.29, 1.82) is 0 Å². The molecule has 3 rings (SSSR count).